The molecule has 0 fully saturated rings. The zero-order valence-electron chi connectivity index (χ0n) is 28.9. The highest BCUT2D eigenvalue weighted by atomic mass is 16.1. The molecule has 0 aliphatic carbocycles. The fraction of sp³-hybridized carbons (Fsp3) is 0.975. The first kappa shape index (κ1) is 40.7. The third-order valence-corrected chi connectivity index (χ3v) is 9.43. The maximum absolute atomic E-state index is 10.3. The van der Waals surface area contributed by atoms with Crippen molar-refractivity contribution in [2.24, 2.45) is 0 Å². The largest absolute Gasteiger partial charge is 0.303 e. The number of hydrogen-bond donors (Lipinski definition) is 0. The van der Waals surface area contributed by atoms with E-state index in [2.05, 4.69) is 6.92 Å². The summed E-state index contributed by atoms with van der Waals surface area (Å²) < 4.78 is 0. The number of aldehydes is 1. The molecule has 0 atom stereocenters. The molecule has 0 aliphatic rings. The van der Waals surface area contributed by atoms with Crippen molar-refractivity contribution in [2.45, 2.75) is 251 Å². The van der Waals surface area contributed by atoms with E-state index in [1.807, 2.05) is 0 Å². The third kappa shape index (κ3) is 39.7. The van der Waals surface area contributed by atoms with Crippen molar-refractivity contribution in [3.8, 4) is 0 Å². The highest BCUT2D eigenvalue weighted by Gasteiger charge is 1.97. The Morgan fingerprint density at radius 1 is 0.244 bits per heavy atom. The second-order valence-corrected chi connectivity index (χ2v) is 13.7. The van der Waals surface area contributed by atoms with Crippen LogP contribution in [-0.4, -0.2) is 6.29 Å². The molecule has 0 bridgehead atoms. The van der Waals surface area contributed by atoms with E-state index < -0.39 is 0 Å². The summed E-state index contributed by atoms with van der Waals surface area (Å²) in [6, 6.07) is 0. The van der Waals surface area contributed by atoms with Gasteiger partial charge in [-0.2, -0.15) is 0 Å². The molecule has 0 rings (SSSR count). The van der Waals surface area contributed by atoms with Crippen molar-refractivity contribution in [2.75, 3.05) is 0 Å². The Kier molecular flexibility index (Phi) is 39.4. The first-order valence-electron chi connectivity index (χ1n) is 19.9. The highest BCUT2D eigenvalue weighted by Crippen LogP contribution is 2.17. The van der Waals surface area contributed by atoms with Crippen LogP contribution in [0.4, 0.5) is 0 Å². The molecule has 0 unspecified atom stereocenters. The Morgan fingerprint density at radius 3 is 0.537 bits per heavy atom. The maximum atomic E-state index is 10.3. The highest BCUT2D eigenvalue weighted by molar-refractivity contribution is 5.48. The van der Waals surface area contributed by atoms with Gasteiger partial charge in [0.1, 0.15) is 6.29 Å². The van der Waals surface area contributed by atoms with Gasteiger partial charge in [0, 0.05) is 6.42 Å². The Bertz CT molecular complexity index is 444. The van der Waals surface area contributed by atoms with Crippen molar-refractivity contribution in [1.29, 1.82) is 0 Å². The fourth-order valence-electron chi connectivity index (χ4n) is 6.49. The van der Waals surface area contributed by atoms with Crippen LogP contribution in [0.3, 0.4) is 0 Å². The van der Waals surface area contributed by atoms with E-state index in [0.29, 0.717) is 0 Å². The molecule has 0 radical (unpaired) electrons. The van der Waals surface area contributed by atoms with Gasteiger partial charge in [-0.25, -0.2) is 0 Å². The summed E-state index contributed by atoms with van der Waals surface area (Å²) in [7, 11) is 0. The van der Waals surface area contributed by atoms with Gasteiger partial charge < -0.3 is 4.79 Å². The first-order valence-corrected chi connectivity index (χ1v) is 19.9. The van der Waals surface area contributed by atoms with Crippen LogP contribution in [0.1, 0.15) is 251 Å². The van der Waals surface area contributed by atoms with Crippen molar-refractivity contribution in [3.05, 3.63) is 0 Å². The van der Waals surface area contributed by atoms with Gasteiger partial charge in [-0.05, 0) is 6.42 Å². The SMILES string of the molecule is CCCCCCCCCCCCCCCCCCCCCCCCCCCCCCCCCCCCCCCC=O. The number of carbonyl (C=O) groups excluding carboxylic acids is 1. The van der Waals surface area contributed by atoms with E-state index in [-0.39, 0.29) is 0 Å². The van der Waals surface area contributed by atoms with Crippen LogP contribution < -0.4 is 0 Å². The molecule has 0 aromatic rings. The van der Waals surface area contributed by atoms with E-state index in [1.165, 1.54) is 231 Å². The Labute approximate surface area is 261 Å². The molecule has 1 nitrogen and oxygen atoms in total. The summed E-state index contributed by atoms with van der Waals surface area (Å²) in [5.74, 6) is 0. The Hall–Kier alpha value is -0.330. The average molecular weight is 577 g/mol. The van der Waals surface area contributed by atoms with Gasteiger partial charge in [0.05, 0.1) is 0 Å². The molecule has 0 N–H and O–H groups in total. The molecule has 0 saturated heterocycles. The molecule has 0 spiro atoms. The minimum absolute atomic E-state index is 0.764. The van der Waals surface area contributed by atoms with Gasteiger partial charge in [-0.1, -0.05) is 238 Å². The minimum Gasteiger partial charge on any atom is -0.303 e. The van der Waals surface area contributed by atoms with Gasteiger partial charge in [0.2, 0.25) is 0 Å². The molecule has 0 aliphatic heterocycles. The number of carbonyl (C=O) groups is 1. The molecule has 1 heteroatoms. The Morgan fingerprint density at radius 2 is 0.390 bits per heavy atom. The first-order chi connectivity index (χ1) is 20.4. The lowest BCUT2D eigenvalue weighted by atomic mass is 10.0. The van der Waals surface area contributed by atoms with Gasteiger partial charge in [0.15, 0.2) is 0 Å². The lowest BCUT2D eigenvalue weighted by Gasteiger charge is -2.05. The summed E-state index contributed by atoms with van der Waals surface area (Å²) in [6.07, 6.45) is 55.4. The summed E-state index contributed by atoms with van der Waals surface area (Å²) >= 11 is 0. The zero-order chi connectivity index (χ0) is 29.6. The van der Waals surface area contributed by atoms with E-state index in [9.17, 15) is 4.79 Å². The zero-order valence-corrected chi connectivity index (χ0v) is 28.9. The Balaban J connectivity index is 3.02. The molecule has 0 heterocycles. The van der Waals surface area contributed by atoms with E-state index >= 15 is 0 Å². The summed E-state index contributed by atoms with van der Waals surface area (Å²) in [4.78, 5) is 10.3. The quantitative estimate of drug-likeness (QED) is 0.0527. The molecule has 0 saturated carbocycles. The van der Waals surface area contributed by atoms with Gasteiger partial charge >= 0.3 is 0 Å². The topological polar surface area (TPSA) is 17.1 Å². The van der Waals surface area contributed by atoms with E-state index in [4.69, 9.17) is 0 Å². The second-order valence-electron chi connectivity index (χ2n) is 13.7. The van der Waals surface area contributed by atoms with Crippen LogP contribution in [0.15, 0.2) is 0 Å². The third-order valence-electron chi connectivity index (χ3n) is 9.43. The molecule has 246 valence electrons. The number of unbranched alkanes of at least 4 members (excludes halogenated alkanes) is 37. The average Bonchev–Trinajstić information content (AvgIpc) is 2.98. The van der Waals surface area contributed by atoms with Crippen LogP contribution >= 0.6 is 0 Å². The lowest BCUT2D eigenvalue weighted by Crippen LogP contribution is -1.85. The molecular weight excluding hydrogens is 496 g/mol. The molecule has 0 aromatic heterocycles. The standard InChI is InChI=1S/C40H80O/c1-2-3-4-5-6-7-8-9-10-11-12-13-14-15-16-17-18-19-20-21-22-23-24-25-26-27-28-29-30-31-32-33-34-35-36-37-38-39-40-41/h40H,2-39H2,1H3. The summed E-state index contributed by atoms with van der Waals surface area (Å²) in [5.41, 5.74) is 0. The smallest absolute Gasteiger partial charge is 0.119 e. The lowest BCUT2D eigenvalue weighted by molar-refractivity contribution is -0.107. The van der Waals surface area contributed by atoms with Gasteiger partial charge in [0.25, 0.3) is 0 Å². The molecular formula is C40H80O. The van der Waals surface area contributed by atoms with E-state index in [0.717, 1.165) is 19.1 Å². The monoisotopic (exact) mass is 577 g/mol. The summed E-state index contributed by atoms with van der Waals surface area (Å²) in [5, 5.41) is 0. The molecule has 0 aromatic carbocycles. The van der Waals surface area contributed by atoms with E-state index in [1.54, 1.807) is 0 Å². The van der Waals surface area contributed by atoms with Crippen molar-refractivity contribution in [1.82, 2.24) is 0 Å². The fourth-order valence-corrected chi connectivity index (χ4v) is 6.49. The normalized spacial score (nSPS) is 11.4. The van der Waals surface area contributed by atoms with Crippen LogP contribution in [0.5, 0.6) is 0 Å². The van der Waals surface area contributed by atoms with Crippen LogP contribution in [0.2, 0.25) is 0 Å². The van der Waals surface area contributed by atoms with Gasteiger partial charge in [-0.15, -0.1) is 0 Å². The van der Waals surface area contributed by atoms with Crippen LogP contribution in [0.25, 0.3) is 0 Å². The van der Waals surface area contributed by atoms with Gasteiger partial charge in [-0.3, -0.25) is 0 Å². The minimum atomic E-state index is 0.764. The predicted octanol–water partition coefficient (Wildman–Crippen LogP) is 15.0. The van der Waals surface area contributed by atoms with Crippen molar-refractivity contribution < 1.29 is 4.79 Å². The van der Waals surface area contributed by atoms with Crippen LogP contribution in [-0.2, 0) is 4.79 Å². The number of rotatable bonds is 38. The summed E-state index contributed by atoms with van der Waals surface area (Å²) in [6.45, 7) is 2.31. The van der Waals surface area contributed by atoms with Crippen molar-refractivity contribution >= 4 is 6.29 Å². The predicted molar refractivity (Wildman–Crippen MR) is 187 cm³/mol. The molecule has 41 heavy (non-hydrogen) atoms. The number of hydrogen-bond acceptors (Lipinski definition) is 1. The van der Waals surface area contributed by atoms with Crippen LogP contribution in [0, 0.1) is 0 Å². The maximum Gasteiger partial charge on any atom is 0.119 e. The van der Waals surface area contributed by atoms with Crippen molar-refractivity contribution in [3.63, 3.8) is 0 Å². The second kappa shape index (κ2) is 39.7. The molecule has 0 amide bonds.